The van der Waals surface area contributed by atoms with Crippen molar-refractivity contribution in [3.05, 3.63) is 36.7 Å². The first-order valence-electron chi connectivity index (χ1n) is 8.02. The molecule has 0 aliphatic carbocycles. The first-order valence-corrected chi connectivity index (χ1v) is 10.3. The molecular formula is C18H27NOSi. The first-order chi connectivity index (χ1) is 9.99. The van der Waals surface area contributed by atoms with Crippen LogP contribution in [0.5, 0.6) is 5.75 Å². The topological polar surface area (TPSA) is 22.1 Å². The molecule has 0 radical (unpaired) electrons. The number of benzene rings is 1. The highest BCUT2D eigenvalue weighted by Gasteiger charge is 2.43. The summed E-state index contributed by atoms with van der Waals surface area (Å²) < 4.78 is 6.68. The van der Waals surface area contributed by atoms with Gasteiger partial charge in [0.05, 0.1) is 0 Å². The lowest BCUT2D eigenvalue weighted by Crippen LogP contribution is -2.47. The molecule has 0 unspecified atom stereocenters. The maximum Gasteiger partial charge on any atom is 0.256 e. The van der Waals surface area contributed by atoms with E-state index in [1.165, 1.54) is 17.9 Å². The van der Waals surface area contributed by atoms with Gasteiger partial charge in [0.15, 0.2) is 0 Å². The highest BCUT2D eigenvalue weighted by atomic mass is 28.4. The molecule has 21 heavy (non-hydrogen) atoms. The molecule has 0 bridgehead atoms. The molecular weight excluding hydrogens is 274 g/mol. The zero-order valence-electron chi connectivity index (χ0n) is 13.9. The zero-order valence-corrected chi connectivity index (χ0v) is 14.9. The van der Waals surface area contributed by atoms with Gasteiger partial charge >= 0.3 is 0 Å². The lowest BCUT2D eigenvalue weighted by Gasteiger charge is -2.39. The SMILES string of the molecule is CCC[Si](Oc1ccc2ccncc2c1)(C(C)C)C(C)C. The van der Waals surface area contributed by atoms with Crippen molar-refractivity contribution in [2.24, 2.45) is 0 Å². The smallest absolute Gasteiger partial charge is 0.256 e. The van der Waals surface area contributed by atoms with Crippen molar-refractivity contribution in [3.63, 3.8) is 0 Å². The lowest BCUT2D eigenvalue weighted by molar-refractivity contribution is 0.493. The molecule has 3 heteroatoms. The van der Waals surface area contributed by atoms with Gasteiger partial charge in [0.25, 0.3) is 8.32 Å². The second kappa shape index (κ2) is 6.61. The number of hydrogen-bond acceptors (Lipinski definition) is 2. The second-order valence-electron chi connectivity index (χ2n) is 6.50. The number of hydrogen-bond donors (Lipinski definition) is 0. The van der Waals surface area contributed by atoms with Crippen LogP contribution in [-0.4, -0.2) is 13.3 Å². The molecule has 1 aromatic heterocycles. The minimum absolute atomic E-state index is 0.613. The van der Waals surface area contributed by atoms with Gasteiger partial charge in [0.1, 0.15) is 5.75 Å². The monoisotopic (exact) mass is 301 g/mol. The normalized spacial score (nSPS) is 12.3. The van der Waals surface area contributed by atoms with Crippen LogP contribution in [0.25, 0.3) is 10.8 Å². The molecule has 2 aromatic rings. The van der Waals surface area contributed by atoms with E-state index >= 15 is 0 Å². The standard InChI is InChI=1S/C18H27NOSi/c1-6-11-21(14(2)3,15(4)5)20-18-8-7-16-9-10-19-13-17(16)12-18/h7-10,12-15H,6,11H2,1-5H3. The molecule has 0 aliphatic heterocycles. The van der Waals surface area contributed by atoms with Crippen LogP contribution >= 0.6 is 0 Å². The third kappa shape index (κ3) is 3.29. The van der Waals surface area contributed by atoms with Crippen LogP contribution in [0.3, 0.4) is 0 Å². The highest BCUT2D eigenvalue weighted by molar-refractivity contribution is 6.77. The Morgan fingerprint density at radius 2 is 1.76 bits per heavy atom. The van der Waals surface area contributed by atoms with Crippen LogP contribution in [0.1, 0.15) is 41.0 Å². The van der Waals surface area contributed by atoms with Gasteiger partial charge < -0.3 is 4.43 Å². The Morgan fingerprint density at radius 3 is 2.38 bits per heavy atom. The molecule has 0 fully saturated rings. The summed E-state index contributed by atoms with van der Waals surface area (Å²) in [4.78, 5) is 4.21. The molecule has 1 aromatic carbocycles. The van der Waals surface area contributed by atoms with Gasteiger partial charge in [0, 0.05) is 17.8 Å². The summed E-state index contributed by atoms with van der Waals surface area (Å²) in [5.41, 5.74) is 1.23. The molecule has 114 valence electrons. The molecule has 2 rings (SSSR count). The quantitative estimate of drug-likeness (QED) is 0.630. The Kier molecular flexibility index (Phi) is 5.04. The molecule has 0 atom stereocenters. The van der Waals surface area contributed by atoms with E-state index < -0.39 is 8.32 Å². The number of fused-ring (bicyclic) bond motifs is 1. The highest BCUT2D eigenvalue weighted by Crippen LogP contribution is 2.39. The molecule has 0 amide bonds. The minimum atomic E-state index is -1.80. The molecule has 2 nitrogen and oxygen atoms in total. The number of pyridine rings is 1. The molecule has 0 spiro atoms. The summed E-state index contributed by atoms with van der Waals surface area (Å²) in [6, 6.07) is 9.65. The second-order valence-corrected chi connectivity index (χ2v) is 11.4. The van der Waals surface area contributed by atoms with Gasteiger partial charge in [-0.2, -0.15) is 0 Å². The maximum atomic E-state index is 6.68. The fourth-order valence-corrected chi connectivity index (χ4v) is 7.68. The maximum absolute atomic E-state index is 6.68. The van der Waals surface area contributed by atoms with E-state index in [-0.39, 0.29) is 0 Å². The third-order valence-corrected chi connectivity index (χ3v) is 10.3. The molecule has 0 saturated heterocycles. The fraction of sp³-hybridized carbons (Fsp3) is 0.500. The van der Waals surface area contributed by atoms with Gasteiger partial charge in [-0.15, -0.1) is 0 Å². The summed E-state index contributed by atoms with van der Waals surface area (Å²) in [6.07, 6.45) is 4.94. The summed E-state index contributed by atoms with van der Waals surface area (Å²) in [6.45, 7) is 11.6. The summed E-state index contributed by atoms with van der Waals surface area (Å²) >= 11 is 0. The average Bonchev–Trinajstić information content (AvgIpc) is 2.46. The van der Waals surface area contributed by atoms with E-state index in [1.54, 1.807) is 0 Å². The Bertz CT molecular complexity index is 587. The molecule has 0 saturated carbocycles. The predicted octanol–water partition coefficient (Wildman–Crippen LogP) is 5.79. The number of nitrogens with zero attached hydrogens (tertiary/aromatic N) is 1. The van der Waals surface area contributed by atoms with Crippen molar-refractivity contribution >= 4 is 19.1 Å². The van der Waals surface area contributed by atoms with Crippen molar-refractivity contribution in [2.75, 3.05) is 0 Å². The van der Waals surface area contributed by atoms with Crippen molar-refractivity contribution in [1.29, 1.82) is 0 Å². The van der Waals surface area contributed by atoms with Crippen molar-refractivity contribution in [3.8, 4) is 5.75 Å². The van der Waals surface area contributed by atoms with Crippen molar-refractivity contribution in [1.82, 2.24) is 4.98 Å². The van der Waals surface area contributed by atoms with Gasteiger partial charge in [-0.1, -0.05) is 47.1 Å². The van der Waals surface area contributed by atoms with Crippen molar-refractivity contribution < 1.29 is 4.43 Å². The summed E-state index contributed by atoms with van der Waals surface area (Å²) in [5, 5.41) is 2.37. The van der Waals surface area contributed by atoms with E-state index in [4.69, 9.17) is 4.43 Å². The largest absolute Gasteiger partial charge is 0.543 e. The van der Waals surface area contributed by atoms with Crippen LogP contribution in [0, 0.1) is 0 Å². The third-order valence-electron chi connectivity index (χ3n) is 4.52. The Hall–Kier alpha value is -1.35. The predicted molar refractivity (Wildman–Crippen MR) is 93.4 cm³/mol. The Morgan fingerprint density at radius 1 is 1.05 bits per heavy atom. The summed E-state index contributed by atoms with van der Waals surface area (Å²) in [5.74, 6) is 1.01. The van der Waals surface area contributed by atoms with Crippen LogP contribution in [0.15, 0.2) is 36.7 Å². The lowest BCUT2D eigenvalue weighted by atomic mass is 10.2. The fourth-order valence-electron chi connectivity index (χ4n) is 3.27. The van der Waals surface area contributed by atoms with E-state index in [0.717, 1.165) is 11.1 Å². The van der Waals surface area contributed by atoms with Gasteiger partial charge in [-0.3, -0.25) is 4.98 Å². The minimum Gasteiger partial charge on any atom is -0.543 e. The molecule has 0 aliphatic rings. The average molecular weight is 302 g/mol. The van der Waals surface area contributed by atoms with E-state index in [1.807, 2.05) is 18.5 Å². The van der Waals surface area contributed by atoms with Crippen LogP contribution in [0.2, 0.25) is 17.1 Å². The Labute approximate surface area is 129 Å². The van der Waals surface area contributed by atoms with Crippen LogP contribution < -0.4 is 4.43 Å². The Balaban J connectivity index is 2.37. The van der Waals surface area contributed by atoms with E-state index in [0.29, 0.717) is 11.1 Å². The van der Waals surface area contributed by atoms with E-state index in [9.17, 15) is 0 Å². The molecule has 1 heterocycles. The zero-order chi connectivity index (χ0) is 15.5. The number of rotatable bonds is 6. The molecule has 0 N–H and O–H groups in total. The van der Waals surface area contributed by atoms with Gasteiger partial charge in [0.2, 0.25) is 0 Å². The van der Waals surface area contributed by atoms with Gasteiger partial charge in [-0.05, 0) is 40.7 Å². The van der Waals surface area contributed by atoms with E-state index in [2.05, 4.69) is 57.8 Å². The first kappa shape index (κ1) is 16.0. The van der Waals surface area contributed by atoms with Gasteiger partial charge in [-0.25, -0.2) is 0 Å². The van der Waals surface area contributed by atoms with Crippen LogP contribution in [-0.2, 0) is 0 Å². The number of aromatic nitrogens is 1. The van der Waals surface area contributed by atoms with Crippen LogP contribution in [0.4, 0.5) is 0 Å². The van der Waals surface area contributed by atoms with Crippen molar-refractivity contribution in [2.45, 2.75) is 58.2 Å². The summed E-state index contributed by atoms with van der Waals surface area (Å²) in [7, 11) is -1.80.